The zero-order valence-corrected chi connectivity index (χ0v) is 23.5. The topological polar surface area (TPSA) is 145 Å². The Bertz CT molecular complexity index is 1400. The van der Waals surface area contributed by atoms with E-state index in [9.17, 15) is 19.5 Å². The Morgan fingerprint density at radius 2 is 1.78 bits per heavy atom. The van der Waals surface area contributed by atoms with Gasteiger partial charge >= 0.3 is 5.97 Å². The number of fused-ring (bicyclic) bond motifs is 1. The van der Waals surface area contributed by atoms with Gasteiger partial charge in [0.05, 0.1) is 17.3 Å². The number of rotatable bonds is 7. The normalized spacial score (nSPS) is 19.0. The van der Waals surface area contributed by atoms with Crippen molar-refractivity contribution in [1.29, 1.82) is 0 Å². The number of carboxylic acid groups (broad SMARTS) is 1. The first-order valence-corrected chi connectivity index (χ1v) is 14.4. The van der Waals surface area contributed by atoms with Gasteiger partial charge in [0.2, 0.25) is 5.91 Å². The van der Waals surface area contributed by atoms with E-state index in [1.165, 1.54) is 25.7 Å². The van der Waals surface area contributed by atoms with Crippen LogP contribution in [0.2, 0.25) is 0 Å². The molecule has 2 fully saturated rings. The van der Waals surface area contributed by atoms with E-state index in [-0.39, 0.29) is 28.8 Å². The number of carbonyl (C=O) groups excluding carboxylic acids is 2. The molecule has 1 aliphatic heterocycles. The van der Waals surface area contributed by atoms with Gasteiger partial charge in [-0.05, 0) is 31.7 Å². The summed E-state index contributed by atoms with van der Waals surface area (Å²) in [7, 11) is 0. The van der Waals surface area contributed by atoms with E-state index in [2.05, 4.69) is 20.4 Å². The monoisotopic (exact) mass is 568 g/mol. The van der Waals surface area contributed by atoms with Crippen LogP contribution in [-0.4, -0.2) is 74.0 Å². The molecule has 2 amide bonds. The maximum absolute atomic E-state index is 16.1. The van der Waals surface area contributed by atoms with Gasteiger partial charge in [-0.2, -0.15) is 0 Å². The zero-order valence-electron chi connectivity index (χ0n) is 23.5. The molecule has 2 unspecified atom stereocenters. The van der Waals surface area contributed by atoms with E-state index >= 15 is 4.39 Å². The van der Waals surface area contributed by atoms with Gasteiger partial charge < -0.3 is 24.8 Å². The summed E-state index contributed by atoms with van der Waals surface area (Å²) in [4.78, 5) is 48.5. The Kier molecular flexibility index (Phi) is 8.67. The van der Waals surface area contributed by atoms with E-state index in [1.54, 1.807) is 22.8 Å². The van der Waals surface area contributed by atoms with Gasteiger partial charge in [-0.1, -0.05) is 43.3 Å². The maximum atomic E-state index is 16.1. The number of carbonyl (C=O) groups is 3. The number of H-pyrrole nitrogens is 1. The predicted molar refractivity (Wildman–Crippen MR) is 148 cm³/mol. The lowest BCUT2D eigenvalue weighted by molar-refractivity contribution is -0.145. The molecule has 3 heterocycles. The number of nitrogens with zero attached hydrogens (tertiary/aromatic N) is 4. The summed E-state index contributed by atoms with van der Waals surface area (Å²) in [6.07, 6.45) is 8.59. The Morgan fingerprint density at radius 1 is 1.10 bits per heavy atom. The molecule has 11 nitrogen and oxygen atoms in total. The Labute approximate surface area is 237 Å². The van der Waals surface area contributed by atoms with Crippen LogP contribution < -0.4 is 5.32 Å². The van der Waals surface area contributed by atoms with Crippen LogP contribution in [0.25, 0.3) is 11.0 Å². The number of hydrogen-bond acceptors (Lipinski definition) is 7. The summed E-state index contributed by atoms with van der Waals surface area (Å²) in [5.41, 5.74) is 1.30. The van der Waals surface area contributed by atoms with Crippen molar-refractivity contribution in [2.75, 3.05) is 26.2 Å². The van der Waals surface area contributed by atoms with Crippen LogP contribution in [0.4, 0.5) is 4.39 Å². The Morgan fingerprint density at radius 3 is 2.39 bits per heavy atom. The SMILES string of the molecule is CC(=O)N1CCN(C(C(=O)O)c2ccc3[nH]c(C(NC(=O)c4conc4C)C4CCCCCCC4)nc3c2F)CC1. The first-order valence-electron chi connectivity index (χ1n) is 14.4. The molecular formula is C29H37FN6O5. The van der Waals surface area contributed by atoms with Gasteiger partial charge in [0.25, 0.3) is 5.91 Å². The lowest BCUT2D eigenvalue weighted by atomic mass is 9.85. The van der Waals surface area contributed by atoms with Crippen LogP contribution >= 0.6 is 0 Å². The lowest BCUT2D eigenvalue weighted by Gasteiger charge is -2.37. The minimum Gasteiger partial charge on any atom is -0.480 e. The third-order valence-corrected chi connectivity index (χ3v) is 8.49. The van der Waals surface area contributed by atoms with E-state index in [0.29, 0.717) is 48.8 Å². The third-order valence-electron chi connectivity index (χ3n) is 8.49. The highest BCUT2D eigenvalue weighted by atomic mass is 19.1. The quantitative estimate of drug-likeness (QED) is 0.386. The number of imidazole rings is 1. The highest BCUT2D eigenvalue weighted by Gasteiger charge is 2.35. The van der Waals surface area contributed by atoms with Gasteiger partial charge in [-0.3, -0.25) is 19.3 Å². The Hall–Kier alpha value is -3.80. The second-order valence-electron chi connectivity index (χ2n) is 11.1. The molecule has 0 radical (unpaired) electrons. The fraction of sp³-hybridized carbons (Fsp3) is 0.552. The number of amides is 2. The molecule has 12 heteroatoms. The highest BCUT2D eigenvalue weighted by molar-refractivity contribution is 5.95. The fourth-order valence-electron chi connectivity index (χ4n) is 6.18. The average Bonchev–Trinajstić information content (AvgIpc) is 3.56. The van der Waals surface area contributed by atoms with Crippen molar-refractivity contribution in [1.82, 2.24) is 30.2 Å². The molecule has 2 aromatic heterocycles. The summed E-state index contributed by atoms with van der Waals surface area (Å²) in [6, 6.07) is 1.42. The van der Waals surface area contributed by atoms with Crippen molar-refractivity contribution in [2.45, 2.75) is 70.9 Å². The summed E-state index contributed by atoms with van der Waals surface area (Å²) in [5.74, 6) is -1.76. The largest absolute Gasteiger partial charge is 0.480 e. The predicted octanol–water partition coefficient (Wildman–Crippen LogP) is 4.12. The van der Waals surface area contributed by atoms with Gasteiger partial charge in [0.15, 0.2) is 5.82 Å². The highest BCUT2D eigenvalue weighted by Crippen LogP contribution is 2.35. The number of carboxylic acids is 1. The van der Waals surface area contributed by atoms with Crippen LogP contribution in [0, 0.1) is 18.7 Å². The first kappa shape index (κ1) is 28.7. The number of benzene rings is 1. The number of halogens is 1. The van der Waals surface area contributed by atoms with Crippen molar-refractivity contribution in [3.8, 4) is 0 Å². The molecule has 2 atom stereocenters. The second kappa shape index (κ2) is 12.4. The van der Waals surface area contributed by atoms with Crippen molar-refractivity contribution < 1.29 is 28.4 Å². The molecule has 2 aliphatic rings. The number of hydrogen-bond donors (Lipinski definition) is 3. The third kappa shape index (κ3) is 6.12. The molecule has 3 aromatic rings. The molecule has 41 heavy (non-hydrogen) atoms. The number of piperazine rings is 1. The lowest BCUT2D eigenvalue weighted by Crippen LogP contribution is -2.50. The summed E-state index contributed by atoms with van der Waals surface area (Å²) in [5, 5.41) is 17.0. The van der Waals surface area contributed by atoms with Crippen molar-refractivity contribution >= 4 is 28.8 Å². The zero-order chi connectivity index (χ0) is 29.1. The number of aromatic nitrogens is 3. The summed E-state index contributed by atoms with van der Waals surface area (Å²) >= 11 is 0. The van der Waals surface area contributed by atoms with Crippen LogP contribution in [0.1, 0.15) is 91.4 Å². The summed E-state index contributed by atoms with van der Waals surface area (Å²) < 4.78 is 21.0. The van der Waals surface area contributed by atoms with E-state index in [1.807, 2.05) is 0 Å². The maximum Gasteiger partial charge on any atom is 0.325 e. The standard InChI is InChI=1S/C29H37FN6O5/c1-17-21(16-41-34-17)28(38)33-24(19-8-6-4-3-5-7-9-19)27-31-22-11-10-20(23(30)25(22)32-27)26(29(39)40)36-14-12-35(13-15-36)18(2)37/h10-11,16,19,24,26H,3-9,12-15H2,1-2H3,(H,31,32)(H,33,38)(H,39,40). The van der Waals surface area contributed by atoms with Gasteiger partial charge in [-0.25, -0.2) is 9.37 Å². The van der Waals surface area contributed by atoms with Crippen LogP contribution in [-0.2, 0) is 9.59 Å². The molecule has 1 aromatic carbocycles. The average molecular weight is 569 g/mol. The smallest absolute Gasteiger partial charge is 0.325 e. The molecular weight excluding hydrogens is 531 g/mol. The van der Waals surface area contributed by atoms with Crippen molar-refractivity contribution in [3.63, 3.8) is 0 Å². The molecule has 5 rings (SSSR count). The molecule has 0 spiro atoms. The molecule has 220 valence electrons. The van der Waals surface area contributed by atoms with Crippen molar-refractivity contribution in [2.24, 2.45) is 5.92 Å². The second-order valence-corrected chi connectivity index (χ2v) is 11.1. The van der Waals surface area contributed by atoms with E-state index in [0.717, 1.165) is 38.5 Å². The summed E-state index contributed by atoms with van der Waals surface area (Å²) in [6.45, 7) is 4.57. The van der Waals surface area contributed by atoms with Crippen molar-refractivity contribution in [3.05, 3.63) is 46.9 Å². The fourth-order valence-corrected chi connectivity index (χ4v) is 6.18. The van der Waals surface area contributed by atoms with Crippen LogP contribution in [0.5, 0.6) is 0 Å². The van der Waals surface area contributed by atoms with E-state index in [4.69, 9.17) is 4.52 Å². The van der Waals surface area contributed by atoms with Gasteiger partial charge in [0, 0.05) is 38.7 Å². The van der Waals surface area contributed by atoms with Gasteiger partial charge in [-0.15, -0.1) is 0 Å². The minimum atomic E-state index is -1.22. The molecule has 1 saturated heterocycles. The number of aromatic amines is 1. The van der Waals surface area contributed by atoms with E-state index < -0.39 is 23.9 Å². The number of aryl methyl sites for hydroxylation is 1. The van der Waals surface area contributed by atoms with Crippen LogP contribution in [0.15, 0.2) is 22.9 Å². The number of nitrogens with one attached hydrogen (secondary N) is 2. The molecule has 1 aliphatic carbocycles. The van der Waals surface area contributed by atoms with Crippen LogP contribution in [0.3, 0.4) is 0 Å². The number of aliphatic carboxylic acids is 1. The van der Waals surface area contributed by atoms with Gasteiger partial charge in [0.1, 0.15) is 29.2 Å². The Balaban J connectivity index is 1.47. The minimum absolute atomic E-state index is 0.0194. The first-order chi connectivity index (χ1) is 19.7. The molecule has 3 N–H and O–H groups in total. The molecule has 1 saturated carbocycles. The molecule has 0 bridgehead atoms.